The van der Waals surface area contributed by atoms with Crippen molar-refractivity contribution < 1.29 is 4.57 Å². The zero-order valence-corrected chi connectivity index (χ0v) is 19.0. The summed E-state index contributed by atoms with van der Waals surface area (Å²) in [7, 11) is 0. The van der Waals surface area contributed by atoms with Crippen molar-refractivity contribution in [3.8, 4) is 0 Å². The van der Waals surface area contributed by atoms with Gasteiger partial charge in [0.05, 0.1) is 13.1 Å². The second-order valence-corrected chi connectivity index (χ2v) is 8.45. The van der Waals surface area contributed by atoms with Gasteiger partial charge in [0.15, 0.2) is 0 Å². The van der Waals surface area contributed by atoms with E-state index in [1.807, 2.05) is 0 Å². The summed E-state index contributed by atoms with van der Waals surface area (Å²) in [6.07, 6.45) is 28.3. The maximum atomic E-state index is 2.53. The van der Waals surface area contributed by atoms with Crippen LogP contribution in [-0.4, -0.2) is 4.57 Å². The molecule has 27 heavy (non-hydrogen) atoms. The molecule has 0 fully saturated rings. The fourth-order valence-electron chi connectivity index (χ4n) is 4.07. The van der Waals surface area contributed by atoms with Gasteiger partial charge in [-0.05, 0) is 32.1 Å². The van der Waals surface area contributed by atoms with E-state index in [0.29, 0.717) is 0 Å². The largest absolute Gasteiger partial charge is 0.256 e. The Bertz CT molecular complexity index is 436. The van der Waals surface area contributed by atoms with Crippen molar-refractivity contribution in [2.45, 2.75) is 143 Å². The van der Waals surface area contributed by atoms with E-state index in [-0.39, 0.29) is 0 Å². The third-order valence-corrected chi connectivity index (χ3v) is 5.82. The molecule has 0 aliphatic heterocycles. The maximum Gasteiger partial charge on any atom is 0.256 e. The Hall–Kier alpha value is -0.790. The van der Waals surface area contributed by atoms with Gasteiger partial charge in [0.25, 0.3) is 5.82 Å². The fourth-order valence-corrected chi connectivity index (χ4v) is 4.07. The van der Waals surface area contributed by atoms with Crippen LogP contribution in [0, 0.1) is 0 Å². The van der Waals surface area contributed by atoms with E-state index in [0.717, 1.165) is 0 Å². The van der Waals surface area contributed by atoms with Crippen LogP contribution in [0.15, 0.2) is 12.4 Å². The highest BCUT2D eigenvalue weighted by Crippen LogP contribution is 2.12. The Morgan fingerprint density at radius 1 is 0.630 bits per heavy atom. The van der Waals surface area contributed by atoms with Crippen molar-refractivity contribution in [1.82, 2.24) is 4.57 Å². The molecule has 2 nitrogen and oxygen atoms in total. The van der Waals surface area contributed by atoms with Crippen LogP contribution in [0.25, 0.3) is 0 Å². The molecule has 0 aliphatic rings. The molecule has 0 aliphatic carbocycles. The zero-order valence-electron chi connectivity index (χ0n) is 19.0. The van der Waals surface area contributed by atoms with Gasteiger partial charge >= 0.3 is 0 Å². The average Bonchev–Trinajstić information content (AvgIpc) is 3.05. The number of imidazole rings is 1. The van der Waals surface area contributed by atoms with E-state index in [9.17, 15) is 0 Å². The van der Waals surface area contributed by atoms with Crippen molar-refractivity contribution >= 4 is 0 Å². The SMILES string of the molecule is CCCCCCCCCCCCCCn1cc[n+](CCCCC)c1CCC. The molecule has 1 rings (SSSR count). The van der Waals surface area contributed by atoms with Gasteiger partial charge in [0.1, 0.15) is 12.4 Å². The van der Waals surface area contributed by atoms with Gasteiger partial charge < -0.3 is 0 Å². The molecule has 0 bridgehead atoms. The van der Waals surface area contributed by atoms with Gasteiger partial charge in [-0.1, -0.05) is 91.4 Å². The molecule has 1 aromatic heterocycles. The van der Waals surface area contributed by atoms with Crippen LogP contribution in [0.2, 0.25) is 0 Å². The minimum atomic E-state index is 1.20. The molecular weight excluding hydrogens is 328 g/mol. The van der Waals surface area contributed by atoms with Gasteiger partial charge in [0.2, 0.25) is 0 Å². The van der Waals surface area contributed by atoms with Crippen molar-refractivity contribution in [1.29, 1.82) is 0 Å². The van der Waals surface area contributed by atoms with Gasteiger partial charge in [0, 0.05) is 6.42 Å². The molecule has 0 spiro atoms. The molecule has 1 heterocycles. The lowest BCUT2D eigenvalue weighted by Crippen LogP contribution is -2.37. The molecule has 0 amide bonds. The second-order valence-electron chi connectivity index (χ2n) is 8.45. The molecular formula is C25H49N2+. The monoisotopic (exact) mass is 377 g/mol. The Morgan fingerprint density at radius 2 is 1.15 bits per heavy atom. The number of rotatable bonds is 19. The lowest BCUT2D eigenvalue weighted by Gasteiger charge is -2.05. The maximum absolute atomic E-state index is 2.53. The van der Waals surface area contributed by atoms with Crippen LogP contribution in [-0.2, 0) is 19.5 Å². The molecule has 158 valence electrons. The first kappa shape index (κ1) is 24.2. The van der Waals surface area contributed by atoms with E-state index in [1.54, 1.807) is 5.82 Å². The quantitative estimate of drug-likeness (QED) is 0.173. The van der Waals surface area contributed by atoms with Crippen molar-refractivity contribution in [3.05, 3.63) is 18.2 Å². The number of unbranched alkanes of at least 4 members (excludes halogenated alkanes) is 13. The predicted octanol–water partition coefficient (Wildman–Crippen LogP) is 7.62. The molecule has 2 heteroatoms. The lowest BCUT2D eigenvalue weighted by atomic mass is 10.1. The summed E-state index contributed by atoms with van der Waals surface area (Å²) in [5.74, 6) is 1.55. The summed E-state index contributed by atoms with van der Waals surface area (Å²) >= 11 is 0. The Labute approximate surface area is 170 Å². The van der Waals surface area contributed by atoms with E-state index < -0.39 is 0 Å². The molecule has 0 radical (unpaired) electrons. The lowest BCUT2D eigenvalue weighted by molar-refractivity contribution is -0.704. The molecule has 0 atom stereocenters. The second kappa shape index (κ2) is 17.3. The smallest absolute Gasteiger partial charge is 0.234 e. The van der Waals surface area contributed by atoms with E-state index in [4.69, 9.17) is 0 Å². The average molecular weight is 378 g/mol. The first-order valence-corrected chi connectivity index (χ1v) is 12.4. The molecule has 0 unspecified atom stereocenters. The first-order valence-electron chi connectivity index (χ1n) is 12.4. The van der Waals surface area contributed by atoms with Crippen molar-refractivity contribution in [2.24, 2.45) is 0 Å². The van der Waals surface area contributed by atoms with Crippen LogP contribution < -0.4 is 4.57 Å². The predicted molar refractivity (Wildman–Crippen MR) is 119 cm³/mol. The number of nitrogens with zero attached hydrogens (tertiary/aromatic N) is 2. The van der Waals surface area contributed by atoms with Crippen LogP contribution >= 0.6 is 0 Å². The topological polar surface area (TPSA) is 8.81 Å². The fraction of sp³-hybridized carbons (Fsp3) is 0.880. The standard InChI is InChI=1S/C25H49N2/c1-4-7-9-10-11-12-13-14-15-16-17-19-22-27-24-23-26(21-18-8-5-2)25(27)20-6-3/h23-24H,4-22H2,1-3H3/q+1. The number of aromatic nitrogens is 2. The number of aryl methyl sites for hydroxylation is 2. The van der Waals surface area contributed by atoms with E-state index in [2.05, 4.69) is 42.3 Å². The highest BCUT2D eigenvalue weighted by atomic mass is 15.1. The normalized spacial score (nSPS) is 11.4. The summed E-state index contributed by atoms with van der Waals surface area (Å²) in [4.78, 5) is 0. The highest BCUT2D eigenvalue weighted by Gasteiger charge is 2.15. The number of hydrogen-bond acceptors (Lipinski definition) is 0. The van der Waals surface area contributed by atoms with Crippen molar-refractivity contribution in [2.75, 3.05) is 0 Å². The summed E-state index contributed by atoms with van der Waals surface area (Å²) in [5, 5.41) is 0. The highest BCUT2D eigenvalue weighted by molar-refractivity contribution is 4.84. The molecule has 1 aromatic rings. The van der Waals surface area contributed by atoms with Gasteiger partial charge in [-0.25, -0.2) is 9.13 Å². The van der Waals surface area contributed by atoms with E-state index >= 15 is 0 Å². The zero-order chi connectivity index (χ0) is 19.6. The minimum absolute atomic E-state index is 1.20. The molecule has 0 saturated heterocycles. The molecule has 0 aromatic carbocycles. The first-order chi connectivity index (χ1) is 13.3. The Kier molecular flexibility index (Phi) is 15.6. The summed E-state index contributed by atoms with van der Waals surface area (Å²) < 4.78 is 5.05. The van der Waals surface area contributed by atoms with E-state index in [1.165, 1.54) is 122 Å². The van der Waals surface area contributed by atoms with Gasteiger partial charge in [-0.2, -0.15) is 0 Å². The summed E-state index contributed by atoms with van der Waals surface area (Å²) in [6.45, 7) is 9.31. The number of hydrogen-bond donors (Lipinski definition) is 0. The third-order valence-electron chi connectivity index (χ3n) is 5.82. The van der Waals surface area contributed by atoms with Crippen molar-refractivity contribution in [3.63, 3.8) is 0 Å². The Morgan fingerprint density at radius 3 is 1.70 bits per heavy atom. The summed E-state index contributed by atoms with van der Waals surface area (Å²) in [5.41, 5.74) is 0. The summed E-state index contributed by atoms with van der Waals surface area (Å²) in [6, 6.07) is 0. The van der Waals surface area contributed by atoms with Crippen LogP contribution in [0.3, 0.4) is 0 Å². The molecule has 0 saturated carbocycles. The van der Waals surface area contributed by atoms with Crippen LogP contribution in [0.1, 0.15) is 129 Å². The van der Waals surface area contributed by atoms with Crippen LogP contribution in [0.5, 0.6) is 0 Å². The Balaban J connectivity index is 2.10. The minimum Gasteiger partial charge on any atom is -0.234 e. The molecule has 0 N–H and O–H groups in total. The van der Waals surface area contributed by atoms with Crippen LogP contribution in [0.4, 0.5) is 0 Å². The van der Waals surface area contributed by atoms with Gasteiger partial charge in [-0.3, -0.25) is 0 Å². The van der Waals surface area contributed by atoms with Gasteiger partial charge in [-0.15, -0.1) is 0 Å². The third kappa shape index (κ3) is 11.6.